The molecule has 1 aromatic heterocycles. The van der Waals surface area contributed by atoms with Gasteiger partial charge in [0.1, 0.15) is 17.2 Å². The van der Waals surface area contributed by atoms with Crippen molar-refractivity contribution in [3.8, 4) is 23.0 Å². The van der Waals surface area contributed by atoms with Crippen LogP contribution < -0.4 is 25.3 Å². The third-order valence-corrected chi connectivity index (χ3v) is 4.59. The molecule has 0 atom stereocenters. The van der Waals surface area contributed by atoms with Gasteiger partial charge in [0.25, 0.3) is 11.8 Å². The first-order valence-electron chi connectivity index (χ1n) is 11.4. The minimum absolute atomic E-state index is 0.0742. The Morgan fingerprint density at radius 3 is 2.38 bits per heavy atom. The Labute approximate surface area is 209 Å². The highest BCUT2D eigenvalue weighted by atomic mass is 19.4. The third kappa shape index (κ3) is 6.80. The van der Waals surface area contributed by atoms with Crippen LogP contribution >= 0.6 is 0 Å². The number of aryl methyl sites for hydroxylation is 1. The average Bonchev–Trinajstić information content (AvgIpc) is 2.79. The summed E-state index contributed by atoms with van der Waals surface area (Å²) in [5.74, 6) is -4.88. The fourth-order valence-corrected chi connectivity index (χ4v) is 3.04. The van der Waals surface area contributed by atoms with Crippen LogP contribution in [0.25, 0.3) is 0 Å². The van der Waals surface area contributed by atoms with E-state index in [-0.39, 0.29) is 16.9 Å². The van der Waals surface area contributed by atoms with Crippen LogP contribution in [-0.2, 0) is 6.18 Å². The molecule has 0 fully saturated rings. The van der Waals surface area contributed by atoms with Gasteiger partial charge in [0.2, 0.25) is 0 Å². The van der Waals surface area contributed by atoms with Gasteiger partial charge in [-0.25, -0.2) is 0 Å². The summed E-state index contributed by atoms with van der Waals surface area (Å²) >= 11 is 0. The second-order valence-corrected chi connectivity index (χ2v) is 7.28. The van der Waals surface area contributed by atoms with Gasteiger partial charge in [-0.1, -0.05) is 0 Å². The van der Waals surface area contributed by atoms with E-state index in [1.807, 2.05) is 0 Å². The minimum atomic E-state index is -5.14. The lowest BCUT2D eigenvalue weighted by Crippen LogP contribution is -2.18. The summed E-state index contributed by atoms with van der Waals surface area (Å²) in [4.78, 5) is 28.2. The lowest BCUT2D eigenvalue weighted by Gasteiger charge is -2.19. The van der Waals surface area contributed by atoms with Gasteiger partial charge >= 0.3 is 12.5 Å². The zero-order chi connectivity index (χ0) is 30.0. The van der Waals surface area contributed by atoms with Crippen LogP contribution in [0.4, 0.5) is 32.0 Å². The molecule has 2 aromatic carbocycles. The number of aromatic nitrogens is 1. The number of carbonyl (C=O) groups is 2. The van der Waals surface area contributed by atoms with E-state index in [1.54, 1.807) is 0 Å². The van der Waals surface area contributed by atoms with E-state index >= 15 is 0 Å². The quantitative estimate of drug-likeness (QED) is 0.391. The number of nitrogens with one attached hydrogen (secondary N) is 1. The third-order valence-electron chi connectivity index (χ3n) is 4.59. The molecule has 0 saturated heterocycles. The van der Waals surface area contributed by atoms with E-state index in [4.69, 9.17) is 19.3 Å². The fraction of sp³-hybridized carbons (Fsp3) is 0.174. The van der Waals surface area contributed by atoms with Crippen LogP contribution in [0.1, 0.15) is 36.1 Å². The number of nitrogens with two attached hydrogens (primary N) is 1. The zero-order valence-corrected chi connectivity index (χ0v) is 18.5. The number of benzene rings is 2. The van der Waals surface area contributed by atoms with E-state index in [9.17, 15) is 35.9 Å². The predicted molar refractivity (Wildman–Crippen MR) is 117 cm³/mol. The molecule has 0 bridgehead atoms. The molecule has 0 aliphatic rings. The number of hydrogen-bond acceptors (Lipinski definition) is 6. The molecule has 14 heteroatoms. The number of ether oxygens (including phenoxy) is 3. The summed E-state index contributed by atoms with van der Waals surface area (Å²) in [6.07, 6.45) is -8.94. The maximum absolute atomic E-state index is 13.5. The summed E-state index contributed by atoms with van der Waals surface area (Å²) < 4.78 is 115. The van der Waals surface area contributed by atoms with E-state index < -0.39 is 65.5 Å². The van der Waals surface area contributed by atoms with Crippen molar-refractivity contribution in [2.45, 2.75) is 19.5 Å². The van der Waals surface area contributed by atoms with Crippen molar-refractivity contribution in [2.75, 3.05) is 12.4 Å². The maximum atomic E-state index is 13.5. The first-order valence-corrected chi connectivity index (χ1v) is 9.88. The van der Waals surface area contributed by atoms with Gasteiger partial charge < -0.3 is 25.3 Å². The van der Waals surface area contributed by atoms with Gasteiger partial charge in [-0.3, -0.25) is 14.6 Å². The molecule has 37 heavy (non-hydrogen) atoms. The summed E-state index contributed by atoms with van der Waals surface area (Å²) in [6, 6.07) is 5.43. The number of primary amides is 1. The molecule has 196 valence electrons. The van der Waals surface area contributed by atoms with Crippen molar-refractivity contribution < 1.29 is 54.3 Å². The molecule has 0 aliphatic heterocycles. The molecule has 3 aromatic rings. The number of amides is 2. The second-order valence-electron chi connectivity index (χ2n) is 7.28. The summed E-state index contributed by atoms with van der Waals surface area (Å²) in [6.45, 7) is 1.14. The van der Waals surface area contributed by atoms with E-state index in [0.717, 1.165) is 31.3 Å². The Balaban J connectivity index is 2.11. The Kier molecular flexibility index (Phi) is 6.35. The number of halogens is 6. The smallest absolute Gasteiger partial charge is 0.493 e. The van der Waals surface area contributed by atoms with E-state index in [2.05, 4.69) is 15.0 Å². The van der Waals surface area contributed by atoms with Gasteiger partial charge in [0.15, 0.2) is 11.5 Å². The molecule has 0 saturated carbocycles. The summed E-state index contributed by atoms with van der Waals surface area (Å²) in [7, 11) is -3.19. The van der Waals surface area contributed by atoms with E-state index in [0.29, 0.717) is 18.2 Å². The van der Waals surface area contributed by atoms with Crippen molar-refractivity contribution in [1.82, 2.24) is 4.98 Å². The second kappa shape index (κ2) is 10.2. The van der Waals surface area contributed by atoms with Crippen molar-refractivity contribution in [3.63, 3.8) is 0 Å². The SMILES string of the molecule is [2H]C([2H])([2H])Oc1cc(OC(F)(F)F)ccc1Oc1c(C)cc(C(F)(F)F)cc1C(=O)Nc1ccnc(C(N)=O)c1. The van der Waals surface area contributed by atoms with Crippen LogP contribution in [0.3, 0.4) is 0 Å². The number of hydrogen-bond donors (Lipinski definition) is 2. The number of rotatable bonds is 7. The van der Waals surface area contributed by atoms with Crippen LogP contribution in [0.15, 0.2) is 48.7 Å². The Morgan fingerprint density at radius 2 is 1.76 bits per heavy atom. The lowest BCUT2D eigenvalue weighted by molar-refractivity contribution is -0.274. The molecule has 0 radical (unpaired) electrons. The van der Waals surface area contributed by atoms with Crippen LogP contribution in [0, 0.1) is 6.92 Å². The Hall–Kier alpha value is -4.49. The topological polar surface area (TPSA) is 113 Å². The van der Waals surface area contributed by atoms with Crippen molar-refractivity contribution in [1.29, 1.82) is 0 Å². The molecule has 0 unspecified atom stereocenters. The van der Waals surface area contributed by atoms with Gasteiger partial charge in [-0.15, -0.1) is 13.2 Å². The van der Waals surface area contributed by atoms with Gasteiger partial charge in [0.05, 0.1) is 22.3 Å². The molecular formula is C23H17F6N3O5. The maximum Gasteiger partial charge on any atom is 0.573 e. The van der Waals surface area contributed by atoms with Crippen LogP contribution in [-0.4, -0.2) is 30.2 Å². The standard InChI is InChI=1S/C23H17F6N3O5/c1-11-7-12(22(24,25)26)8-15(21(34)32-13-5-6-31-16(9-13)20(30)33)19(11)36-17-4-3-14(10-18(17)35-2)37-23(27,28)29/h3-10H,1-2H3,(H2,30,33)(H,31,32,34)/i2D3. The zero-order valence-electron chi connectivity index (χ0n) is 21.5. The van der Waals surface area contributed by atoms with Crippen molar-refractivity contribution in [2.24, 2.45) is 5.73 Å². The summed E-state index contributed by atoms with van der Waals surface area (Å²) in [5.41, 5.74) is 2.59. The molecule has 2 amide bonds. The fourth-order valence-electron chi connectivity index (χ4n) is 3.04. The van der Waals surface area contributed by atoms with Crippen LogP contribution in [0.2, 0.25) is 0 Å². The summed E-state index contributed by atoms with van der Waals surface area (Å²) in [5, 5.41) is 2.27. The first kappa shape index (κ1) is 22.9. The van der Waals surface area contributed by atoms with Crippen molar-refractivity contribution >= 4 is 17.5 Å². The number of carbonyl (C=O) groups excluding carboxylic acids is 2. The molecule has 0 aliphatic carbocycles. The highest BCUT2D eigenvalue weighted by Crippen LogP contribution is 2.41. The number of nitrogens with zero attached hydrogens (tertiary/aromatic N) is 1. The molecule has 3 N–H and O–H groups in total. The average molecular weight is 532 g/mol. The number of pyridine rings is 1. The van der Waals surface area contributed by atoms with Crippen molar-refractivity contribution in [3.05, 3.63) is 71.0 Å². The van der Waals surface area contributed by atoms with E-state index in [1.165, 1.54) is 6.07 Å². The predicted octanol–water partition coefficient (Wildman–Crippen LogP) is 5.46. The highest BCUT2D eigenvalue weighted by molar-refractivity contribution is 6.07. The van der Waals surface area contributed by atoms with Gasteiger partial charge in [0, 0.05) is 18.0 Å². The first-order chi connectivity index (χ1) is 18.3. The lowest BCUT2D eigenvalue weighted by atomic mass is 10.0. The van der Waals surface area contributed by atoms with Gasteiger partial charge in [-0.05, 0) is 48.9 Å². The Morgan fingerprint density at radius 1 is 1.03 bits per heavy atom. The molecular weight excluding hydrogens is 512 g/mol. The largest absolute Gasteiger partial charge is 0.573 e. The number of anilines is 1. The molecule has 8 nitrogen and oxygen atoms in total. The molecule has 3 rings (SSSR count). The molecule has 0 spiro atoms. The van der Waals surface area contributed by atoms with Crippen LogP contribution in [0.5, 0.6) is 23.0 Å². The minimum Gasteiger partial charge on any atom is -0.493 e. The van der Waals surface area contributed by atoms with Gasteiger partial charge in [-0.2, -0.15) is 13.2 Å². The highest BCUT2D eigenvalue weighted by Gasteiger charge is 2.34. The number of methoxy groups -OCH3 is 1. The number of alkyl halides is 6. The monoisotopic (exact) mass is 532 g/mol. The Bertz CT molecular complexity index is 1450. The normalized spacial score (nSPS) is 13.1. The molecule has 1 heterocycles.